The molecule has 0 aromatic carbocycles. The summed E-state index contributed by atoms with van der Waals surface area (Å²) in [6, 6.07) is 5.20. The second-order valence-corrected chi connectivity index (χ2v) is 6.31. The van der Waals surface area contributed by atoms with E-state index in [9.17, 15) is 18.0 Å². The van der Waals surface area contributed by atoms with Crippen molar-refractivity contribution >= 4 is 27.4 Å². The van der Waals surface area contributed by atoms with Gasteiger partial charge in [0.15, 0.2) is 14.9 Å². The van der Waals surface area contributed by atoms with E-state index in [0.717, 1.165) is 12.5 Å². The lowest BCUT2D eigenvalue weighted by molar-refractivity contribution is 0.0695. The molecule has 2 aromatic rings. The van der Waals surface area contributed by atoms with Crippen LogP contribution in [-0.2, 0) is 9.84 Å². The smallest absolute Gasteiger partial charge is 0.337 e. The molecule has 0 unspecified atom stereocenters. The monoisotopic (exact) mass is 321 g/mol. The van der Waals surface area contributed by atoms with Crippen molar-refractivity contribution in [2.45, 2.75) is 5.03 Å². The van der Waals surface area contributed by atoms with Crippen molar-refractivity contribution in [2.75, 3.05) is 11.6 Å². The number of aromatic carboxylic acids is 1. The Morgan fingerprint density at radius 3 is 2.27 bits per heavy atom. The lowest BCUT2D eigenvalue weighted by atomic mass is 10.2. The number of nitrogens with one attached hydrogen (secondary N) is 1. The highest BCUT2D eigenvalue weighted by Gasteiger charge is 2.12. The Bertz CT molecular complexity index is 814. The fourth-order valence-electron chi connectivity index (χ4n) is 1.52. The standard InChI is InChI=1S/C13H11N3O5S/c1-22(20,21)11-5-3-9(7-15-11)16-12(17)10-4-2-8(6-14-10)13(18)19/h2-7H,1H3,(H,16,17)(H,18,19). The SMILES string of the molecule is CS(=O)(=O)c1ccc(NC(=O)c2ccc(C(=O)O)cn2)cn1. The van der Waals surface area contributed by atoms with E-state index in [1.54, 1.807) is 0 Å². The molecule has 2 N–H and O–H groups in total. The lowest BCUT2D eigenvalue weighted by Crippen LogP contribution is -2.14. The molecule has 22 heavy (non-hydrogen) atoms. The number of aromatic nitrogens is 2. The first-order chi connectivity index (χ1) is 10.3. The molecule has 1 amide bonds. The quantitative estimate of drug-likeness (QED) is 0.854. The third kappa shape index (κ3) is 3.64. The molecule has 114 valence electrons. The molecular weight excluding hydrogens is 310 g/mol. The minimum atomic E-state index is -3.40. The van der Waals surface area contributed by atoms with Gasteiger partial charge in [-0.3, -0.25) is 9.78 Å². The maximum atomic E-state index is 11.9. The zero-order valence-corrected chi connectivity index (χ0v) is 12.2. The third-order valence-corrected chi connectivity index (χ3v) is 3.62. The van der Waals surface area contributed by atoms with Crippen LogP contribution in [0.3, 0.4) is 0 Å². The van der Waals surface area contributed by atoms with Gasteiger partial charge in [-0.05, 0) is 24.3 Å². The van der Waals surface area contributed by atoms with E-state index in [0.29, 0.717) is 5.69 Å². The zero-order chi connectivity index (χ0) is 16.3. The molecule has 0 radical (unpaired) electrons. The summed E-state index contributed by atoms with van der Waals surface area (Å²) in [6.45, 7) is 0. The molecule has 8 nitrogen and oxygen atoms in total. The highest BCUT2D eigenvalue weighted by molar-refractivity contribution is 7.90. The zero-order valence-electron chi connectivity index (χ0n) is 11.3. The molecule has 2 aromatic heterocycles. The van der Waals surface area contributed by atoms with Crippen LogP contribution in [0.2, 0.25) is 0 Å². The van der Waals surface area contributed by atoms with Crippen molar-refractivity contribution in [3.8, 4) is 0 Å². The van der Waals surface area contributed by atoms with Crippen LogP contribution in [0, 0.1) is 0 Å². The maximum absolute atomic E-state index is 11.9. The minimum absolute atomic E-state index is 0.0252. The van der Waals surface area contributed by atoms with Crippen molar-refractivity contribution < 1.29 is 23.1 Å². The van der Waals surface area contributed by atoms with Crippen LogP contribution >= 0.6 is 0 Å². The van der Waals surface area contributed by atoms with Crippen molar-refractivity contribution in [3.05, 3.63) is 47.9 Å². The summed E-state index contributed by atoms with van der Waals surface area (Å²) in [4.78, 5) is 30.1. The van der Waals surface area contributed by atoms with Crippen LogP contribution in [0.25, 0.3) is 0 Å². The fourth-order valence-corrected chi connectivity index (χ4v) is 2.08. The predicted molar refractivity (Wildman–Crippen MR) is 76.5 cm³/mol. The molecular formula is C13H11N3O5S. The number of pyridine rings is 2. The summed E-state index contributed by atoms with van der Waals surface area (Å²) < 4.78 is 22.5. The Balaban J connectivity index is 2.13. The molecule has 2 heterocycles. The highest BCUT2D eigenvalue weighted by Crippen LogP contribution is 2.11. The molecule has 0 atom stereocenters. The van der Waals surface area contributed by atoms with Crippen molar-refractivity contribution in [1.82, 2.24) is 9.97 Å². The number of nitrogens with zero attached hydrogens (tertiary/aromatic N) is 2. The summed E-state index contributed by atoms with van der Waals surface area (Å²) in [6.07, 6.45) is 3.31. The van der Waals surface area contributed by atoms with Gasteiger partial charge in [0, 0.05) is 12.5 Å². The van der Waals surface area contributed by atoms with Crippen LogP contribution < -0.4 is 5.32 Å². The van der Waals surface area contributed by atoms with Crippen LogP contribution in [0.4, 0.5) is 5.69 Å². The van der Waals surface area contributed by atoms with Crippen LogP contribution in [0.1, 0.15) is 20.8 Å². The van der Waals surface area contributed by atoms with Crippen LogP contribution in [0.5, 0.6) is 0 Å². The van der Waals surface area contributed by atoms with Crippen molar-refractivity contribution in [1.29, 1.82) is 0 Å². The number of sulfone groups is 1. The normalized spacial score (nSPS) is 11.0. The number of carboxylic acids is 1. The molecule has 0 saturated heterocycles. The molecule has 0 aliphatic carbocycles. The Labute approximate surface area is 125 Å². The Hall–Kier alpha value is -2.81. The van der Waals surface area contributed by atoms with Gasteiger partial charge < -0.3 is 10.4 Å². The maximum Gasteiger partial charge on any atom is 0.337 e. The van der Waals surface area contributed by atoms with Gasteiger partial charge in [-0.2, -0.15) is 0 Å². The van der Waals surface area contributed by atoms with Gasteiger partial charge in [-0.1, -0.05) is 0 Å². The average molecular weight is 321 g/mol. The van der Waals surface area contributed by atoms with E-state index < -0.39 is 21.7 Å². The molecule has 0 spiro atoms. The molecule has 0 fully saturated rings. The fraction of sp³-hybridized carbons (Fsp3) is 0.0769. The third-order valence-electron chi connectivity index (χ3n) is 2.62. The van der Waals surface area contributed by atoms with E-state index >= 15 is 0 Å². The second-order valence-electron chi connectivity index (χ2n) is 4.35. The van der Waals surface area contributed by atoms with Gasteiger partial charge in [0.1, 0.15) is 5.69 Å². The van der Waals surface area contributed by atoms with E-state index in [1.807, 2.05) is 0 Å². The summed E-state index contributed by atoms with van der Waals surface area (Å²) in [7, 11) is -3.40. The number of carbonyl (C=O) groups is 2. The van der Waals surface area contributed by atoms with E-state index in [-0.39, 0.29) is 16.3 Å². The number of anilines is 1. The first-order valence-electron chi connectivity index (χ1n) is 5.94. The largest absolute Gasteiger partial charge is 0.478 e. The molecule has 2 rings (SSSR count). The summed E-state index contributed by atoms with van der Waals surface area (Å²) >= 11 is 0. The summed E-state index contributed by atoms with van der Waals surface area (Å²) in [5.74, 6) is -1.70. The average Bonchev–Trinajstić information content (AvgIpc) is 2.47. The Morgan fingerprint density at radius 2 is 1.82 bits per heavy atom. The van der Waals surface area contributed by atoms with E-state index in [1.165, 1.54) is 30.5 Å². The number of hydrogen-bond acceptors (Lipinski definition) is 6. The number of amides is 1. The van der Waals surface area contributed by atoms with Gasteiger partial charge >= 0.3 is 5.97 Å². The number of carboxylic acid groups (broad SMARTS) is 1. The predicted octanol–water partition coefficient (Wildman–Crippen LogP) is 0.831. The Morgan fingerprint density at radius 1 is 1.09 bits per heavy atom. The van der Waals surface area contributed by atoms with Gasteiger partial charge in [-0.15, -0.1) is 0 Å². The second kappa shape index (κ2) is 5.90. The Kier molecular flexibility index (Phi) is 4.18. The van der Waals surface area contributed by atoms with Crippen LogP contribution in [0.15, 0.2) is 41.7 Å². The van der Waals surface area contributed by atoms with Crippen molar-refractivity contribution in [3.63, 3.8) is 0 Å². The van der Waals surface area contributed by atoms with Gasteiger partial charge in [0.25, 0.3) is 5.91 Å². The molecule has 0 aliphatic heterocycles. The molecule has 9 heteroatoms. The molecule has 0 saturated carbocycles. The van der Waals surface area contributed by atoms with Gasteiger partial charge in [0.05, 0.1) is 17.4 Å². The highest BCUT2D eigenvalue weighted by atomic mass is 32.2. The number of carbonyl (C=O) groups excluding carboxylic acids is 1. The van der Waals surface area contributed by atoms with Gasteiger partial charge in [-0.25, -0.2) is 18.2 Å². The molecule has 0 aliphatic rings. The summed E-state index contributed by atoms with van der Waals surface area (Å²) in [5.41, 5.74) is 0.287. The molecule has 0 bridgehead atoms. The summed E-state index contributed by atoms with van der Waals surface area (Å²) in [5, 5.41) is 11.1. The number of hydrogen-bond donors (Lipinski definition) is 2. The topological polar surface area (TPSA) is 126 Å². The van der Waals surface area contributed by atoms with E-state index in [2.05, 4.69) is 15.3 Å². The van der Waals surface area contributed by atoms with Gasteiger partial charge in [0.2, 0.25) is 0 Å². The number of rotatable bonds is 4. The lowest BCUT2D eigenvalue weighted by Gasteiger charge is -2.05. The van der Waals surface area contributed by atoms with Crippen LogP contribution in [-0.4, -0.2) is 41.6 Å². The minimum Gasteiger partial charge on any atom is -0.478 e. The van der Waals surface area contributed by atoms with Crippen molar-refractivity contribution in [2.24, 2.45) is 0 Å². The van der Waals surface area contributed by atoms with E-state index in [4.69, 9.17) is 5.11 Å². The first-order valence-corrected chi connectivity index (χ1v) is 7.83. The first kappa shape index (κ1) is 15.6.